The second-order valence-electron chi connectivity index (χ2n) is 1.84. The lowest BCUT2D eigenvalue weighted by molar-refractivity contribution is 0.0500. The maximum absolute atomic E-state index is 8.20. The van der Waals surface area contributed by atoms with Crippen LogP contribution in [0.25, 0.3) is 0 Å². The van der Waals surface area contributed by atoms with Crippen molar-refractivity contribution in [3.63, 3.8) is 0 Å². The first kappa shape index (κ1) is 14.3. The number of aliphatic hydroxyl groups is 2. The minimum Gasteiger partial charge on any atom is -0.395 e. The lowest BCUT2D eigenvalue weighted by Gasteiger charge is -1.98. The summed E-state index contributed by atoms with van der Waals surface area (Å²) in [6.45, 7) is 2.13. The zero-order valence-corrected chi connectivity index (χ0v) is 7.53. The van der Waals surface area contributed by atoms with Crippen LogP contribution in [-0.2, 0) is 9.47 Å². The summed E-state index contributed by atoms with van der Waals surface area (Å²) in [7, 11) is 1.61. The second-order valence-corrected chi connectivity index (χ2v) is 1.84. The van der Waals surface area contributed by atoms with Crippen molar-refractivity contribution in [3.05, 3.63) is 0 Å². The summed E-state index contributed by atoms with van der Waals surface area (Å²) in [5, 5.41) is 15.9. The molecule has 0 aliphatic carbocycles. The van der Waals surface area contributed by atoms with Crippen molar-refractivity contribution < 1.29 is 19.7 Å². The maximum Gasteiger partial charge on any atom is 0.0701 e. The van der Waals surface area contributed by atoms with Crippen LogP contribution in [0.2, 0.25) is 0 Å². The fraction of sp³-hybridized carbons (Fsp3) is 1.00. The summed E-state index contributed by atoms with van der Waals surface area (Å²) >= 11 is 0. The lowest BCUT2D eigenvalue weighted by atomic mass is 10.7. The molecule has 5 heteroatoms. The molecule has 0 aliphatic rings. The Balaban J connectivity index is 0. The van der Waals surface area contributed by atoms with E-state index in [-0.39, 0.29) is 13.2 Å². The molecule has 0 radical (unpaired) electrons. The largest absolute Gasteiger partial charge is 0.395 e. The number of hydrogen-bond acceptors (Lipinski definition) is 5. The number of nitrogens with two attached hydrogens (primary N) is 1. The first-order chi connectivity index (χ1) is 5.83. The van der Waals surface area contributed by atoms with E-state index in [9.17, 15) is 0 Å². The zero-order valence-electron chi connectivity index (χ0n) is 7.53. The van der Waals surface area contributed by atoms with Gasteiger partial charge in [0.2, 0.25) is 0 Å². The molecule has 0 amide bonds. The Bertz CT molecular complexity index is 55.4. The molecule has 0 unspecified atom stereocenters. The van der Waals surface area contributed by atoms with E-state index in [1.54, 1.807) is 7.11 Å². The summed E-state index contributed by atoms with van der Waals surface area (Å²) in [4.78, 5) is 0. The molecule has 0 aromatic heterocycles. The quantitative estimate of drug-likeness (QED) is 0.438. The highest BCUT2D eigenvalue weighted by Crippen LogP contribution is 1.72. The van der Waals surface area contributed by atoms with Gasteiger partial charge in [-0.25, -0.2) is 0 Å². The van der Waals surface area contributed by atoms with Gasteiger partial charge in [-0.2, -0.15) is 0 Å². The van der Waals surface area contributed by atoms with E-state index in [4.69, 9.17) is 20.7 Å². The van der Waals surface area contributed by atoms with Crippen LogP contribution in [0.4, 0.5) is 0 Å². The third kappa shape index (κ3) is 22.6. The highest BCUT2D eigenvalue weighted by atomic mass is 16.5. The molecule has 0 rings (SSSR count). The molecule has 4 N–H and O–H groups in total. The van der Waals surface area contributed by atoms with E-state index in [1.807, 2.05) is 0 Å². The molecule has 0 saturated heterocycles. The van der Waals surface area contributed by atoms with E-state index in [0.29, 0.717) is 26.4 Å². The van der Waals surface area contributed by atoms with Gasteiger partial charge < -0.3 is 25.4 Å². The molecule has 0 saturated carbocycles. The molecule has 0 aromatic carbocycles. The van der Waals surface area contributed by atoms with Crippen LogP contribution in [0.5, 0.6) is 0 Å². The molecule has 5 nitrogen and oxygen atoms in total. The second kappa shape index (κ2) is 17.0. The Kier molecular flexibility index (Phi) is 20.4. The lowest BCUT2D eigenvalue weighted by Crippen LogP contribution is -2.05. The van der Waals surface area contributed by atoms with E-state index in [2.05, 4.69) is 4.74 Å². The summed E-state index contributed by atoms with van der Waals surface area (Å²) in [6, 6.07) is 0. The van der Waals surface area contributed by atoms with Crippen LogP contribution in [0.3, 0.4) is 0 Å². The van der Waals surface area contributed by atoms with Gasteiger partial charge in [-0.3, -0.25) is 0 Å². The first-order valence-electron chi connectivity index (χ1n) is 3.81. The smallest absolute Gasteiger partial charge is 0.0701 e. The Hall–Kier alpha value is -0.200. The van der Waals surface area contributed by atoms with Crippen LogP contribution in [0.1, 0.15) is 0 Å². The van der Waals surface area contributed by atoms with E-state index in [1.165, 1.54) is 0 Å². The molecule has 76 valence electrons. The third-order valence-electron chi connectivity index (χ3n) is 0.797. The van der Waals surface area contributed by atoms with Crippen LogP contribution in [0.15, 0.2) is 0 Å². The van der Waals surface area contributed by atoms with Crippen LogP contribution in [0, 0.1) is 0 Å². The fourth-order valence-electron chi connectivity index (χ4n) is 0.309. The van der Waals surface area contributed by atoms with Crippen molar-refractivity contribution in [1.29, 1.82) is 0 Å². The molecule has 0 fully saturated rings. The summed E-state index contributed by atoms with van der Waals surface area (Å²) < 4.78 is 9.53. The molecule has 0 aromatic rings. The number of methoxy groups -OCH3 is 1. The van der Waals surface area contributed by atoms with Gasteiger partial charge in [-0.15, -0.1) is 0 Å². The SMILES string of the molecule is COCCOCCO.NCCO. The van der Waals surface area contributed by atoms with E-state index < -0.39 is 0 Å². The maximum atomic E-state index is 8.20. The predicted octanol–water partition coefficient (Wildman–Crippen LogP) is -1.42. The first-order valence-corrected chi connectivity index (χ1v) is 3.81. The summed E-state index contributed by atoms with van der Waals surface area (Å²) in [5.74, 6) is 0. The summed E-state index contributed by atoms with van der Waals surface area (Å²) in [5.41, 5.74) is 4.78. The van der Waals surface area contributed by atoms with Crippen LogP contribution in [-0.4, -0.2) is 56.9 Å². The molecular formula is C7H19NO4. The molecule has 0 heterocycles. The number of aliphatic hydroxyl groups excluding tert-OH is 2. The monoisotopic (exact) mass is 181 g/mol. The van der Waals surface area contributed by atoms with Crippen molar-refractivity contribution in [3.8, 4) is 0 Å². The Morgan fingerprint density at radius 3 is 2.00 bits per heavy atom. The topological polar surface area (TPSA) is 84.9 Å². The van der Waals surface area contributed by atoms with Gasteiger partial charge in [0, 0.05) is 13.7 Å². The minimum absolute atomic E-state index is 0.0870. The molecule has 0 spiro atoms. The van der Waals surface area contributed by atoms with Gasteiger partial charge in [0.25, 0.3) is 0 Å². The van der Waals surface area contributed by atoms with Gasteiger partial charge >= 0.3 is 0 Å². The van der Waals surface area contributed by atoms with Gasteiger partial charge in [-0.1, -0.05) is 0 Å². The average molecular weight is 181 g/mol. The van der Waals surface area contributed by atoms with Crippen molar-refractivity contribution in [2.45, 2.75) is 0 Å². The molecule has 12 heavy (non-hydrogen) atoms. The van der Waals surface area contributed by atoms with Crippen molar-refractivity contribution in [1.82, 2.24) is 0 Å². The normalized spacial score (nSPS) is 9.00. The van der Waals surface area contributed by atoms with E-state index in [0.717, 1.165) is 0 Å². The molecule has 0 bridgehead atoms. The molecular weight excluding hydrogens is 162 g/mol. The standard InChI is InChI=1S/C5H12O3.C2H7NO/c1-7-4-5-8-3-2-6;3-1-2-4/h6H,2-5H2,1H3;4H,1-3H2. The number of ether oxygens (including phenoxy) is 2. The Labute approximate surface area is 73.1 Å². The molecule has 0 atom stereocenters. The Morgan fingerprint density at radius 2 is 1.67 bits per heavy atom. The zero-order chi connectivity index (χ0) is 9.66. The number of hydrogen-bond donors (Lipinski definition) is 3. The number of rotatable bonds is 6. The Morgan fingerprint density at radius 1 is 1.08 bits per heavy atom. The highest BCUT2D eigenvalue weighted by molar-refractivity contribution is 4.26. The minimum atomic E-state index is 0.0870. The van der Waals surface area contributed by atoms with Gasteiger partial charge in [0.15, 0.2) is 0 Å². The van der Waals surface area contributed by atoms with Crippen molar-refractivity contribution >= 4 is 0 Å². The third-order valence-corrected chi connectivity index (χ3v) is 0.797. The predicted molar refractivity (Wildman–Crippen MR) is 45.9 cm³/mol. The fourth-order valence-corrected chi connectivity index (χ4v) is 0.309. The van der Waals surface area contributed by atoms with E-state index >= 15 is 0 Å². The highest BCUT2D eigenvalue weighted by Gasteiger charge is 1.82. The average Bonchev–Trinajstić information content (AvgIpc) is 2.13. The van der Waals surface area contributed by atoms with Crippen LogP contribution < -0.4 is 5.73 Å². The summed E-state index contributed by atoms with van der Waals surface area (Å²) in [6.07, 6.45) is 0. The van der Waals surface area contributed by atoms with Gasteiger partial charge in [0.1, 0.15) is 0 Å². The van der Waals surface area contributed by atoms with Crippen molar-refractivity contribution in [2.24, 2.45) is 5.73 Å². The molecule has 0 aliphatic heterocycles. The van der Waals surface area contributed by atoms with Gasteiger partial charge in [-0.05, 0) is 0 Å². The van der Waals surface area contributed by atoms with Gasteiger partial charge in [0.05, 0.1) is 33.0 Å². The van der Waals surface area contributed by atoms with Crippen molar-refractivity contribution in [2.75, 3.05) is 46.7 Å². The van der Waals surface area contributed by atoms with Crippen LogP contribution >= 0.6 is 0 Å².